The maximum Gasteiger partial charge on any atom is 0.134 e. The van der Waals surface area contributed by atoms with Crippen molar-refractivity contribution in [3.05, 3.63) is 42.7 Å². The SMILES string of the molecule is c1ccc(NC2CC3CC2N(c2cc(N4CCOCC4)ncn2)C3)cc1. The summed E-state index contributed by atoms with van der Waals surface area (Å²) in [4.78, 5) is 13.9. The van der Waals surface area contributed by atoms with E-state index in [1.807, 2.05) is 0 Å². The molecule has 2 bridgehead atoms. The Morgan fingerprint density at radius 2 is 1.81 bits per heavy atom. The molecule has 1 aromatic heterocycles. The molecule has 5 rings (SSSR count). The van der Waals surface area contributed by atoms with E-state index in [2.05, 4.69) is 61.5 Å². The van der Waals surface area contributed by atoms with Crippen molar-refractivity contribution in [1.82, 2.24) is 9.97 Å². The summed E-state index contributed by atoms with van der Waals surface area (Å²) < 4.78 is 5.46. The fourth-order valence-corrected chi connectivity index (χ4v) is 4.65. The minimum Gasteiger partial charge on any atom is -0.380 e. The highest BCUT2D eigenvalue weighted by atomic mass is 16.5. The number of hydrogen-bond acceptors (Lipinski definition) is 6. The van der Waals surface area contributed by atoms with Gasteiger partial charge in [-0.25, -0.2) is 9.97 Å². The summed E-state index contributed by atoms with van der Waals surface area (Å²) in [5.41, 5.74) is 1.21. The molecule has 2 saturated heterocycles. The van der Waals surface area contributed by atoms with Crippen molar-refractivity contribution in [1.29, 1.82) is 0 Å². The highest BCUT2D eigenvalue weighted by Gasteiger charge is 2.45. The summed E-state index contributed by atoms with van der Waals surface area (Å²) in [6, 6.07) is 13.7. The molecule has 3 aliphatic rings. The maximum atomic E-state index is 5.46. The van der Waals surface area contributed by atoms with Crippen LogP contribution < -0.4 is 15.1 Å². The molecule has 1 N–H and O–H groups in total. The number of morpholine rings is 1. The van der Waals surface area contributed by atoms with Crippen LogP contribution in [0.15, 0.2) is 42.7 Å². The number of para-hydroxylation sites is 1. The lowest BCUT2D eigenvalue weighted by atomic mass is 10.1. The van der Waals surface area contributed by atoms with Crippen LogP contribution in [-0.4, -0.2) is 54.9 Å². The number of benzene rings is 1. The highest BCUT2D eigenvalue weighted by molar-refractivity contribution is 5.54. The monoisotopic (exact) mass is 351 g/mol. The Labute approximate surface area is 154 Å². The molecule has 6 heteroatoms. The van der Waals surface area contributed by atoms with Gasteiger partial charge in [0.1, 0.15) is 18.0 Å². The molecule has 2 aliphatic heterocycles. The van der Waals surface area contributed by atoms with Gasteiger partial charge in [-0.1, -0.05) is 18.2 Å². The number of fused-ring (bicyclic) bond motifs is 2. The van der Waals surface area contributed by atoms with Crippen LogP contribution in [0, 0.1) is 5.92 Å². The van der Waals surface area contributed by atoms with Crippen LogP contribution in [0.1, 0.15) is 12.8 Å². The topological polar surface area (TPSA) is 53.5 Å². The number of rotatable bonds is 4. The summed E-state index contributed by atoms with van der Waals surface area (Å²) in [5.74, 6) is 2.84. The van der Waals surface area contributed by atoms with Crippen molar-refractivity contribution in [2.45, 2.75) is 24.9 Å². The van der Waals surface area contributed by atoms with Crippen molar-refractivity contribution in [3.8, 4) is 0 Å². The second-order valence-electron chi connectivity index (χ2n) is 7.51. The predicted octanol–water partition coefficient (Wildman–Crippen LogP) is 2.39. The summed E-state index contributed by atoms with van der Waals surface area (Å²) in [6.07, 6.45) is 4.21. The van der Waals surface area contributed by atoms with Gasteiger partial charge in [-0.05, 0) is 30.9 Å². The minimum absolute atomic E-state index is 0.484. The minimum atomic E-state index is 0.484. The highest BCUT2D eigenvalue weighted by Crippen LogP contribution is 2.41. The quantitative estimate of drug-likeness (QED) is 0.913. The number of nitrogens with zero attached hydrogens (tertiary/aromatic N) is 4. The average molecular weight is 351 g/mol. The number of hydrogen-bond donors (Lipinski definition) is 1. The van der Waals surface area contributed by atoms with E-state index in [1.54, 1.807) is 6.33 Å². The average Bonchev–Trinajstić information content (AvgIpc) is 3.30. The molecule has 3 atom stereocenters. The van der Waals surface area contributed by atoms with Crippen LogP contribution in [0.2, 0.25) is 0 Å². The first kappa shape index (κ1) is 15.9. The summed E-state index contributed by atoms with van der Waals surface area (Å²) >= 11 is 0. The lowest BCUT2D eigenvalue weighted by Crippen LogP contribution is -2.45. The van der Waals surface area contributed by atoms with Crippen molar-refractivity contribution >= 4 is 17.3 Å². The Kier molecular flexibility index (Phi) is 4.13. The van der Waals surface area contributed by atoms with E-state index in [0.29, 0.717) is 12.1 Å². The molecule has 3 fully saturated rings. The van der Waals surface area contributed by atoms with E-state index in [0.717, 1.165) is 50.4 Å². The lowest BCUT2D eigenvalue weighted by molar-refractivity contribution is 0.122. The van der Waals surface area contributed by atoms with Crippen LogP contribution in [0.5, 0.6) is 0 Å². The Balaban J connectivity index is 1.34. The normalized spacial score (nSPS) is 27.8. The molecular weight excluding hydrogens is 326 g/mol. The van der Waals surface area contributed by atoms with Gasteiger partial charge in [-0.2, -0.15) is 0 Å². The number of anilines is 3. The van der Waals surface area contributed by atoms with E-state index in [4.69, 9.17) is 4.74 Å². The van der Waals surface area contributed by atoms with E-state index < -0.39 is 0 Å². The zero-order valence-corrected chi connectivity index (χ0v) is 14.9. The van der Waals surface area contributed by atoms with Crippen molar-refractivity contribution < 1.29 is 4.74 Å². The zero-order valence-electron chi connectivity index (χ0n) is 14.9. The largest absolute Gasteiger partial charge is 0.380 e. The van der Waals surface area contributed by atoms with Crippen molar-refractivity contribution in [3.63, 3.8) is 0 Å². The van der Waals surface area contributed by atoms with Gasteiger partial charge >= 0.3 is 0 Å². The van der Waals surface area contributed by atoms with Crippen molar-refractivity contribution in [2.24, 2.45) is 5.92 Å². The first-order chi connectivity index (χ1) is 12.9. The zero-order chi connectivity index (χ0) is 17.3. The van der Waals surface area contributed by atoms with E-state index in [9.17, 15) is 0 Å². The summed E-state index contributed by atoms with van der Waals surface area (Å²) in [7, 11) is 0. The molecule has 26 heavy (non-hydrogen) atoms. The van der Waals surface area contributed by atoms with Gasteiger partial charge in [0.2, 0.25) is 0 Å². The lowest BCUT2D eigenvalue weighted by Gasteiger charge is -2.35. The third-order valence-electron chi connectivity index (χ3n) is 5.88. The smallest absolute Gasteiger partial charge is 0.134 e. The molecule has 3 unspecified atom stereocenters. The van der Waals surface area contributed by atoms with Crippen LogP contribution in [0.3, 0.4) is 0 Å². The molecule has 136 valence electrons. The summed E-state index contributed by atoms with van der Waals surface area (Å²) in [5, 5.41) is 3.74. The number of piperidine rings is 1. The third-order valence-corrected chi connectivity index (χ3v) is 5.88. The summed E-state index contributed by atoms with van der Waals surface area (Å²) in [6.45, 7) is 4.46. The van der Waals surface area contributed by atoms with Gasteiger partial charge in [-0.3, -0.25) is 0 Å². The maximum absolute atomic E-state index is 5.46. The second-order valence-corrected chi connectivity index (χ2v) is 7.51. The van der Waals surface area contributed by atoms with Gasteiger partial charge < -0.3 is 19.9 Å². The molecule has 0 radical (unpaired) electrons. The van der Waals surface area contributed by atoms with Crippen LogP contribution >= 0.6 is 0 Å². The fourth-order valence-electron chi connectivity index (χ4n) is 4.65. The molecule has 0 amide bonds. The Hall–Kier alpha value is -2.34. The Morgan fingerprint density at radius 1 is 1.00 bits per heavy atom. The second kappa shape index (κ2) is 6.76. The van der Waals surface area contributed by atoms with E-state index in [-0.39, 0.29) is 0 Å². The molecule has 1 aromatic carbocycles. The van der Waals surface area contributed by atoms with Gasteiger partial charge in [0, 0.05) is 37.4 Å². The molecular formula is C20H25N5O. The van der Waals surface area contributed by atoms with Gasteiger partial charge in [0.05, 0.1) is 19.3 Å². The first-order valence-electron chi connectivity index (χ1n) is 9.60. The molecule has 1 saturated carbocycles. The van der Waals surface area contributed by atoms with E-state index in [1.165, 1.54) is 18.5 Å². The van der Waals surface area contributed by atoms with Crippen molar-refractivity contribution in [2.75, 3.05) is 48.0 Å². The molecule has 0 spiro atoms. The standard InChI is InChI=1S/C20H25N5O/c1-2-4-16(5-3-1)23-17-10-15-11-18(17)25(13-15)20-12-19(21-14-22-20)24-6-8-26-9-7-24/h1-5,12,14-15,17-18,23H,6-11,13H2. The molecule has 2 aromatic rings. The van der Waals surface area contributed by atoms with Crippen LogP contribution in [-0.2, 0) is 4.74 Å². The number of ether oxygens (including phenoxy) is 1. The number of nitrogens with one attached hydrogen (secondary N) is 1. The third kappa shape index (κ3) is 2.98. The fraction of sp³-hybridized carbons (Fsp3) is 0.500. The van der Waals surface area contributed by atoms with Gasteiger partial charge in [-0.15, -0.1) is 0 Å². The molecule has 6 nitrogen and oxygen atoms in total. The van der Waals surface area contributed by atoms with Crippen LogP contribution in [0.4, 0.5) is 17.3 Å². The van der Waals surface area contributed by atoms with Gasteiger partial charge in [0.25, 0.3) is 0 Å². The first-order valence-corrected chi connectivity index (χ1v) is 9.60. The number of aromatic nitrogens is 2. The van der Waals surface area contributed by atoms with E-state index >= 15 is 0 Å². The molecule has 1 aliphatic carbocycles. The Morgan fingerprint density at radius 3 is 2.62 bits per heavy atom. The molecule has 3 heterocycles. The Bertz CT molecular complexity index is 749. The van der Waals surface area contributed by atoms with Gasteiger partial charge in [0.15, 0.2) is 0 Å². The predicted molar refractivity (Wildman–Crippen MR) is 103 cm³/mol. The van der Waals surface area contributed by atoms with Crippen LogP contribution in [0.25, 0.3) is 0 Å².